The number of rotatable bonds is 7. The lowest BCUT2D eigenvalue weighted by Gasteiger charge is -2.36. The van der Waals surface area contributed by atoms with Gasteiger partial charge in [0.1, 0.15) is 12.4 Å². The summed E-state index contributed by atoms with van der Waals surface area (Å²) >= 11 is 0. The summed E-state index contributed by atoms with van der Waals surface area (Å²) in [6.45, 7) is 13.4. The van der Waals surface area contributed by atoms with Crippen molar-refractivity contribution in [1.29, 1.82) is 0 Å². The zero-order chi connectivity index (χ0) is 20.1. The molecular weight excluding hydrogens is 352 g/mol. The molecule has 0 spiro atoms. The molecule has 0 radical (unpaired) electrons. The highest BCUT2D eigenvalue weighted by atomic mass is 28.4. The monoisotopic (exact) mass is 384 g/mol. The third-order valence-corrected chi connectivity index (χ3v) is 9.60. The van der Waals surface area contributed by atoms with E-state index in [-0.39, 0.29) is 16.9 Å². The number of carbonyl (C=O) groups excluding carboxylic acids is 1. The van der Waals surface area contributed by atoms with E-state index < -0.39 is 8.32 Å². The first-order chi connectivity index (χ1) is 12.6. The zero-order valence-electron chi connectivity index (χ0n) is 17.4. The van der Waals surface area contributed by atoms with Crippen molar-refractivity contribution in [2.75, 3.05) is 0 Å². The molecule has 0 aromatic heterocycles. The summed E-state index contributed by atoms with van der Waals surface area (Å²) in [4.78, 5) is 12.3. The molecule has 0 heterocycles. The minimum absolute atomic E-state index is 0.150. The Balaban J connectivity index is 1.95. The van der Waals surface area contributed by atoms with Gasteiger partial charge in [-0.05, 0) is 47.8 Å². The summed E-state index contributed by atoms with van der Waals surface area (Å²) in [5.41, 5.74) is 2.10. The van der Waals surface area contributed by atoms with Crippen LogP contribution >= 0.6 is 0 Å². The van der Waals surface area contributed by atoms with Crippen molar-refractivity contribution in [2.24, 2.45) is 5.92 Å². The third kappa shape index (κ3) is 6.24. The van der Waals surface area contributed by atoms with Crippen LogP contribution in [0.1, 0.15) is 38.8 Å². The molecular formula is C23H32O3Si. The maximum atomic E-state index is 12.3. The maximum absolute atomic E-state index is 12.3. The fourth-order valence-electron chi connectivity index (χ4n) is 2.49. The molecule has 0 fully saturated rings. The molecule has 0 saturated heterocycles. The highest BCUT2D eigenvalue weighted by Gasteiger charge is 2.38. The number of hydrogen-bond acceptors (Lipinski definition) is 3. The van der Waals surface area contributed by atoms with Crippen LogP contribution < -0.4 is 4.43 Å². The molecule has 0 N–H and O–H groups in total. The molecule has 0 aliphatic rings. The molecule has 0 unspecified atom stereocenters. The molecule has 0 aliphatic carbocycles. The van der Waals surface area contributed by atoms with Gasteiger partial charge in [0.25, 0.3) is 0 Å². The molecule has 2 rings (SSSR count). The standard InChI is InChI=1S/C23H32O3Si/c1-18(22(24)25-17-19-11-8-7-9-12-19)15-20-13-10-14-21(16-20)26-27(5,6)23(2,3)4/h7-14,16,18H,15,17H2,1-6H3/t18-/m1/s1. The number of hydrogen-bond donors (Lipinski definition) is 0. The Morgan fingerprint density at radius 1 is 1.00 bits per heavy atom. The molecule has 3 nitrogen and oxygen atoms in total. The lowest BCUT2D eigenvalue weighted by molar-refractivity contribution is -0.149. The van der Waals surface area contributed by atoms with Crippen LogP contribution in [0, 0.1) is 5.92 Å². The molecule has 4 heteroatoms. The smallest absolute Gasteiger partial charge is 0.309 e. The lowest BCUT2D eigenvalue weighted by Crippen LogP contribution is -2.43. The molecule has 0 aliphatic heterocycles. The molecule has 0 saturated carbocycles. The molecule has 2 aromatic carbocycles. The summed E-state index contributed by atoms with van der Waals surface area (Å²) in [6.07, 6.45) is 0.641. The van der Waals surface area contributed by atoms with Crippen LogP contribution in [-0.4, -0.2) is 14.3 Å². The number of benzene rings is 2. The first-order valence-corrected chi connectivity index (χ1v) is 12.5. The van der Waals surface area contributed by atoms with E-state index in [4.69, 9.17) is 9.16 Å². The van der Waals surface area contributed by atoms with E-state index >= 15 is 0 Å². The normalized spacial score (nSPS) is 13.1. The van der Waals surface area contributed by atoms with Gasteiger partial charge in [-0.1, -0.05) is 70.2 Å². The number of carbonyl (C=O) groups is 1. The SMILES string of the molecule is C[C@H](Cc1cccc(O[Si](C)(C)C(C)(C)C)c1)C(=O)OCc1ccccc1. The Labute approximate surface area is 164 Å². The predicted octanol–water partition coefficient (Wildman–Crippen LogP) is 5.99. The highest BCUT2D eigenvalue weighted by Crippen LogP contribution is 2.37. The van der Waals surface area contributed by atoms with Gasteiger partial charge in [-0.15, -0.1) is 0 Å². The van der Waals surface area contributed by atoms with E-state index in [1.165, 1.54) is 0 Å². The van der Waals surface area contributed by atoms with Crippen LogP contribution in [-0.2, 0) is 22.6 Å². The minimum Gasteiger partial charge on any atom is -0.543 e. The van der Waals surface area contributed by atoms with Crippen LogP contribution in [0.4, 0.5) is 0 Å². The molecule has 27 heavy (non-hydrogen) atoms. The second-order valence-electron chi connectivity index (χ2n) is 8.71. The van der Waals surface area contributed by atoms with Gasteiger partial charge in [0, 0.05) is 0 Å². The average Bonchev–Trinajstić information content (AvgIpc) is 2.59. The molecule has 2 aromatic rings. The Morgan fingerprint density at radius 2 is 1.63 bits per heavy atom. The quantitative estimate of drug-likeness (QED) is 0.434. The fraction of sp³-hybridized carbons (Fsp3) is 0.435. The van der Waals surface area contributed by atoms with Gasteiger partial charge >= 0.3 is 5.97 Å². The summed E-state index contributed by atoms with van der Waals surface area (Å²) in [5, 5.41) is 0.150. The van der Waals surface area contributed by atoms with Crippen LogP contribution in [0.25, 0.3) is 0 Å². The zero-order valence-corrected chi connectivity index (χ0v) is 18.4. The van der Waals surface area contributed by atoms with Crippen molar-refractivity contribution in [3.8, 4) is 5.75 Å². The maximum Gasteiger partial charge on any atom is 0.309 e. The van der Waals surface area contributed by atoms with Crippen LogP contribution in [0.3, 0.4) is 0 Å². The Morgan fingerprint density at radius 3 is 2.26 bits per heavy atom. The van der Waals surface area contributed by atoms with Gasteiger partial charge in [-0.3, -0.25) is 4.79 Å². The minimum atomic E-state index is -1.87. The van der Waals surface area contributed by atoms with E-state index in [1.54, 1.807) is 0 Å². The van der Waals surface area contributed by atoms with Gasteiger partial charge < -0.3 is 9.16 Å². The summed E-state index contributed by atoms with van der Waals surface area (Å²) in [6, 6.07) is 17.9. The average molecular weight is 385 g/mol. The molecule has 1 atom stereocenters. The molecule has 146 valence electrons. The van der Waals surface area contributed by atoms with Crippen molar-refractivity contribution >= 4 is 14.3 Å². The van der Waals surface area contributed by atoms with Crippen molar-refractivity contribution in [1.82, 2.24) is 0 Å². The number of esters is 1. The fourth-order valence-corrected chi connectivity index (χ4v) is 3.51. The van der Waals surface area contributed by atoms with E-state index in [0.29, 0.717) is 13.0 Å². The van der Waals surface area contributed by atoms with Crippen LogP contribution in [0.5, 0.6) is 5.75 Å². The third-order valence-electron chi connectivity index (χ3n) is 5.25. The van der Waals surface area contributed by atoms with E-state index in [1.807, 2.05) is 55.5 Å². The predicted molar refractivity (Wildman–Crippen MR) is 113 cm³/mol. The van der Waals surface area contributed by atoms with Gasteiger partial charge in [-0.2, -0.15) is 0 Å². The Kier molecular flexibility index (Phi) is 6.87. The Hall–Kier alpha value is -2.07. The first-order valence-electron chi connectivity index (χ1n) is 9.57. The summed E-state index contributed by atoms with van der Waals surface area (Å²) in [5.74, 6) is 0.523. The summed E-state index contributed by atoms with van der Waals surface area (Å²) < 4.78 is 11.8. The number of ether oxygens (including phenoxy) is 1. The first kappa shape index (κ1) is 21.2. The topological polar surface area (TPSA) is 35.5 Å². The second-order valence-corrected chi connectivity index (χ2v) is 13.4. The van der Waals surface area contributed by atoms with E-state index in [2.05, 4.69) is 39.9 Å². The largest absolute Gasteiger partial charge is 0.543 e. The van der Waals surface area contributed by atoms with Crippen LogP contribution in [0.2, 0.25) is 18.1 Å². The van der Waals surface area contributed by atoms with Crippen molar-refractivity contribution in [2.45, 2.75) is 58.9 Å². The van der Waals surface area contributed by atoms with Crippen molar-refractivity contribution in [3.63, 3.8) is 0 Å². The lowest BCUT2D eigenvalue weighted by atomic mass is 10.0. The van der Waals surface area contributed by atoms with Crippen molar-refractivity contribution in [3.05, 3.63) is 65.7 Å². The van der Waals surface area contributed by atoms with Crippen molar-refractivity contribution < 1.29 is 14.0 Å². The molecule has 0 amide bonds. The Bertz CT molecular complexity index is 748. The van der Waals surface area contributed by atoms with Gasteiger partial charge in [0.15, 0.2) is 0 Å². The van der Waals surface area contributed by atoms with Crippen LogP contribution in [0.15, 0.2) is 54.6 Å². The van der Waals surface area contributed by atoms with E-state index in [0.717, 1.165) is 16.9 Å². The van der Waals surface area contributed by atoms with Gasteiger partial charge in [0.2, 0.25) is 8.32 Å². The van der Waals surface area contributed by atoms with E-state index in [9.17, 15) is 4.79 Å². The second kappa shape index (κ2) is 8.74. The van der Waals surface area contributed by atoms with Gasteiger partial charge in [-0.25, -0.2) is 0 Å². The van der Waals surface area contributed by atoms with Gasteiger partial charge in [0.05, 0.1) is 5.92 Å². The summed E-state index contributed by atoms with van der Waals surface area (Å²) in [7, 11) is -1.87. The highest BCUT2D eigenvalue weighted by molar-refractivity contribution is 6.74. The molecule has 0 bridgehead atoms.